The molecule has 33 heavy (non-hydrogen) atoms. The number of hydrogen-bond donors (Lipinski definition) is 1. The molecule has 4 rings (SSSR count). The van der Waals surface area contributed by atoms with Crippen LogP contribution in [0.4, 0.5) is 11.4 Å². The van der Waals surface area contributed by atoms with Crippen molar-refractivity contribution < 1.29 is 9.59 Å². The number of carbonyl (C=O) groups is 2. The van der Waals surface area contributed by atoms with Crippen molar-refractivity contribution in [3.8, 4) is 0 Å². The highest BCUT2D eigenvalue weighted by Gasteiger charge is 2.18. The standard InChI is InChI=1S/C29H26N2O2/c1-3-31(27-10-6-8-23-7-4-5-9-26(23)27)29(33)24-16-18-25(19-17-24)30-28(32)20-15-22-13-11-21(2)12-14-22/h4-20H,3H2,1-2H3,(H,30,32)/b20-15+. The molecule has 0 saturated carbocycles. The summed E-state index contributed by atoms with van der Waals surface area (Å²) >= 11 is 0. The first-order chi connectivity index (χ1) is 16.0. The fourth-order valence-corrected chi connectivity index (χ4v) is 3.75. The molecule has 0 saturated heterocycles. The van der Waals surface area contributed by atoms with Gasteiger partial charge in [-0.15, -0.1) is 0 Å². The van der Waals surface area contributed by atoms with Crippen molar-refractivity contribution in [2.75, 3.05) is 16.8 Å². The molecule has 4 aromatic carbocycles. The quantitative estimate of drug-likeness (QED) is 0.354. The van der Waals surface area contributed by atoms with E-state index in [1.165, 1.54) is 11.6 Å². The van der Waals surface area contributed by atoms with Crippen LogP contribution in [-0.2, 0) is 4.79 Å². The first-order valence-corrected chi connectivity index (χ1v) is 11.0. The second-order valence-electron chi connectivity index (χ2n) is 7.86. The van der Waals surface area contributed by atoms with E-state index in [2.05, 4.69) is 5.32 Å². The summed E-state index contributed by atoms with van der Waals surface area (Å²) in [5, 5.41) is 4.97. The number of fused-ring (bicyclic) bond motifs is 1. The minimum absolute atomic E-state index is 0.0778. The van der Waals surface area contributed by atoms with Gasteiger partial charge in [-0.05, 0) is 61.2 Å². The van der Waals surface area contributed by atoms with Crippen LogP contribution in [0, 0.1) is 6.92 Å². The summed E-state index contributed by atoms with van der Waals surface area (Å²) in [6, 6.07) is 29.0. The zero-order chi connectivity index (χ0) is 23.2. The van der Waals surface area contributed by atoms with Gasteiger partial charge in [0.15, 0.2) is 0 Å². The van der Waals surface area contributed by atoms with E-state index in [9.17, 15) is 9.59 Å². The number of benzene rings is 4. The minimum atomic E-state index is -0.222. The molecular weight excluding hydrogens is 408 g/mol. The van der Waals surface area contributed by atoms with Gasteiger partial charge in [0.1, 0.15) is 0 Å². The van der Waals surface area contributed by atoms with Gasteiger partial charge < -0.3 is 10.2 Å². The van der Waals surface area contributed by atoms with Crippen molar-refractivity contribution in [3.05, 3.63) is 114 Å². The molecule has 0 fully saturated rings. The predicted molar refractivity (Wildman–Crippen MR) is 137 cm³/mol. The van der Waals surface area contributed by atoms with E-state index in [4.69, 9.17) is 0 Å². The third-order valence-electron chi connectivity index (χ3n) is 5.52. The van der Waals surface area contributed by atoms with Crippen LogP contribution in [0.25, 0.3) is 16.8 Å². The molecule has 4 heteroatoms. The number of rotatable bonds is 6. The molecule has 0 unspecified atom stereocenters. The van der Waals surface area contributed by atoms with Crippen LogP contribution in [0.1, 0.15) is 28.4 Å². The molecule has 0 radical (unpaired) electrons. The molecule has 1 N–H and O–H groups in total. The molecule has 0 aliphatic heterocycles. The van der Waals surface area contributed by atoms with Crippen molar-refractivity contribution in [1.82, 2.24) is 0 Å². The molecule has 0 heterocycles. The van der Waals surface area contributed by atoms with E-state index in [-0.39, 0.29) is 11.8 Å². The molecular formula is C29H26N2O2. The minimum Gasteiger partial charge on any atom is -0.323 e. The average Bonchev–Trinajstić information content (AvgIpc) is 2.85. The summed E-state index contributed by atoms with van der Waals surface area (Å²) in [7, 11) is 0. The topological polar surface area (TPSA) is 49.4 Å². The maximum atomic E-state index is 13.3. The smallest absolute Gasteiger partial charge is 0.258 e. The lowest BCUT2D eigenvalue weighted by Crippen LogP contribution is -2.30. The molecule has 2 amide bonds. The summed E-state index contributed by atoms with van der Waals surface area (Å²) in [5.41, 5.74) is 4.23. The van der Waals surface area contributed by atoms with Gasteiger partial charge in [0.05, 0.1) is 5.69 Å². The van der Waals surface area contributed by atoms with Gasteiger partial charge in [-0.25, -0.2) is 0 Å². The van der Waals surface area contributed by atoms with Gasteiger partial charge >= 0.3 is 0 Å². The first-order valence-electron chi connectivity index (χ1n) is 11.0. The van der Waals surface area contributed by atoms with Gasteiger partial charge in [0, 0.05) is 29.3 Å². The number of nitrogens with one attached hydrogen (secondary N) is 1. The SMILES string of the molecule is CCN(C(=O)c1ccc(NC(=O)/C=C/c2ccc(C)cc2)cc1)c1cccc2ccccc12. The summed E-state index contributed by atoms with van der Waals surface area (Å²) in [6.07, 6.45) is 3.28. The lowest BCUT2D eigenvalue weighted by Gasteiger charge is -2.23. The van der Waals surface area contributed by atoms with Crippen LogP contribution in [0.3, 0.4) is 0 Å². The highest BCUT2D eigenvalue weighted by molar-refractivity contribution is 6.11. The third-order valence-corrected chi connectivity index (χ3v) is 5.52. The van der Waals surface area contributed by atoms with Crippen LogP contribution >= 0.6 is 0 Å². The molecule has 0 atom stereocenters. The molecule has 0 aliphatic rings. The Morgan fingerprint density at radius 1 is 0.848 bits per heavy atom. The van der Waals surface area contributed by atoms with Crippen molar-refractivity contribution in [2.24, 2.45) is 0 Å². The van der Waals surface area contributed by atoms with E-state index in [0.29, 0.717) is 17.8 Å². The van der Waals surface area contributed by atoms with E-state index in [1.807, 2.05) is 80.6 Å². The number of anilines is 2. The molecule has 0 aromatic heterocycles. The van der Waals surface area contributed by atoms with E-state index < -0.39 is 0 Å². The average molecular weight is 435 g/mol. The largest absolute Gasteiger partial charge is 0.323 e. The highest BCUT2D eigenvalue weighted by Crippen LogP contribution is 2.28. The Bertz CT molecular complexity index is 1300. The number of carbonyl (C=O) groups excluding carboxylic acids is 2. The van der Waals surface area contributed by atoms with Crippen molar-refractivity contribution in [3.63, 3.8) is 0 Å². The van der Waals surface area contributed by atoms with Crippen molar-refractivity contribution in [2.45, 2.75) is 13.8 Å². The second-order valence-corrected chi connectivity index (χ2v) is 7.86. The van der Waals surface area contributed by atoms with Crippen LogP contribution in [-0.4, -0.2) is 18.4 Å². The maximum Gasteiger partial charge on any atom is 0.258 e. The zero-order valence-electron chi connectivity index (χ0n) is 18.8. The summed E-state index contributed by atoms with van der Waals surface area (Å²) in [5.74, 6) is -0.299. The summed E-state index contributed by atoms with van der Waals surface area (Å²) in [4.78, 5) is 27.3. The maximum absolute atomic E-state index is 13.3. The summed E-state index contributed by atoms with van der Waals surface area (Å²) < 4.78 is 0. The Labute approximate surface area is 194 Å². The lowest BCUT2D eigenvalue weighted by molar-refractivity contribution is -0.111. The number of aryl methyl sites for hydroxylation is 1. The van der Waals surface area contributed by atoms with Gasteiger partial charge in [0.2, 0.25) is 5.91 Å². The van der Waals surface area contributed by atoms with Crippen LogP contribution in [0.2, 0.25) is 0 Å². The van der Waals surface area contributed by atoms with Gasteiger partial charge in [-0.2, -0.15) is 0 Å². The van der Waals surface area contributed by atoms with Gasteiger partial charge in [-0.3, -0.25) is 9.59 Å². The molecule has 0 bridgehead atoms. The van der Waals surface area contributed by atoms with E-state index >= 15 is 0 Å². The Hall–Kier alpha value is -4.18. The Morgan fingerprint density at radius 3 is 2.27 bits per heavy atom. The van der Waals surface area contributed by atoms with Crippen LogP contribution in [0.15, 0.2) is 97.1 Å². The second kappa shape index (κ2) is 9.96. The van der Waals surface area contributed by atoms with Gasteiger partial charge in [-0.1, -0.05) is 66.2 Å². The Kier molecular flexibility index (Phi) is 6.65. The van der Waals surface area contributed by atoms with E-state index in [1.54, 1.807) is 35.2 Å². The Morgan fingerprint density at radius 2 is 1.55 bits per heavy atom. The van der Waals surface area contributed by atoms with Gasteiger partial charge in [0.25, 0.3) is 5.91 Å². The monoisotopic (exact) mass is 434 g/mol. The molecule has 0 aliphatic carbocycles. The van der Waals surface area contributed by atoms with Crippen molar-refractivity contribution in [1.29, 1.82) is 0 Å². The molecule has 164 valence electrons. The first kappa shape index (κ1) is 22.0. The summed E-state index contributed by atoms with van der Waals surface area (Å²) in [6.45, 7) is 4.54. The number of hydrogen-bond acceptors (Lipinski definition) is 2. The zero-order valence-corrected chi connectivity index (χ0v) is 18.8. The van der Waals surface area contributed by atoms with Crippen LogP contribution < -0.4 is 10.2 Å². The van der Waals surface area contributed by atoms with Crippen LogP contribution in [0.5, 0.6) is 0 Å². The Balaban J connectivity index is 1.47. The molecule has 4 aromatic rings. The van der Waals surface area contributed by atoms with E-state index in [0.717, 1.165) is 22.0 Å². The highest BCUT2D eigenvalue weighted by atomic mass is 16.2. The molecule has 4 nitrogen and oxygen atoms in total. The fourth-order valence-electron chi connectivity index (χ4n) is 3.75. The molecule has 0 spiro atoms. The fraction of sp³-hybridized carbons (Fsp3) is 0.103. The number of nitrogens with zero attached hydrogens (tertiary/aromatic N) is 1. The lowest BCUT2D eigenvalue weighted by atomic mass is 10.1. The van der Waals surface area contributed by atoms with Crippen molar-refractivity contribution >= 4 is 40.0 Å². The normalized spacial score (nSPS) is 11.0. The predicted octanol–water partition coefficient (Wildman–Crippen LogP) is 6.47. The third kappa shape index (κ3) is 5.18. The number of amides is 2.